The van der Waals surface area contributed by atoms with Crippen LogP contribution in [0.5, 0.6) is 0 Å². The van der Waals surface area contributed by atoms with Crippen LogP contribution in [0.4, 0.5) is 5.82 Å². The van der Waals surface area contributed by atoms with Crippen molar-refractivity contribution in [2.24, 2.45) is 0 Å². The molecule has 94 valence electrons. The monoisotopic (exact) mass is 263 g/mol. The Morgan fingerprint density at radius 2 is 2.22 bits per heavy atom. The number of morpholine rings is 1. The predicted octanol–water partition coefficient (Wildman–Crippen LogP) is 2.64. The Morgan fingerprint density at radius 3 is 3.00 bits per heavy atom. The van der Waals surface area contributed by atoms with Crippen molar-refractivity contribution < 1.29 is 4.74 Å². The molecule has 0 amide bonds. The molecule has 2 aromatic rings. The van der Waals surface area contributed by atoms with E-state index in [1.54, 1.807) is 6.20 Å². The molecule has 1 aromatic carbocycles. The first kappa shape index (κ1) is 11.6. The van der Waals surface area contributed by atoms with E-state index in [1.807, 2.05) is 30.3 Å². The minimum atomic E-state index is 0.132. The third-order valence-electron chi connectivity index (χ3n) is 3.19. The number of anilines is 1. The topological polar surface area (TPSA) is 41.1 Å². The van der Waals surface area contributed by atoms with Crippen molar-refractivity contribution in [3.63, 3.8) is 0 Å². The van der Waals surface area contributed by atoms with Gasteiger partial charge in [0, 0.05) is 17.6 Å². The Kier molecular flexibility index (Phi) is 3.21. The van der Waals surface area contributed by atoms with Crippen molar-refractivity contribution in [1.29, 1.82) is 0 Å². The summed E-state index contributed by atoms with van der Waals surface area (Å²) in [7, 11) is 0. The lowest BCUT2D eigenvalue weighted by molar-refractivity contribution is 0.0937. The van der Waals surface area contributed by atoms with Crippen LogP contribution < -0.4 is 4.90 Å². The van der Waals surface area contributed by atoms with Gasteiger partial charge in [-0.25, -0.2) is 0 Å². The SMILES string of the molecule is Clc1ccccc1C1COCCN1c1ccn[nH]1. The van der Waals surface area contributed by atoms with Gasteiger partial charge in [0.1, 0.15) is 5.82 Å². The average Bonchev–Trinajstić information content (AvgIpc) is 2.93. The first-order valence-electron chi connectivity index (χ1n) is 5.94. The van der Waals surface area contributed by atoms with Crippen LogP contribution in [-0.2, 0) is 4.74 Å². The highest BCUT2D eigenvalue weighted by Gasteiger charge is 2.27. The Balaban J connectivity index is 1.95. The zero-order valence-electron chi connectivity index (χ0n) is 9.84. The molecule has 5 heteroatoms. The van der Waals surface area contributed by atoms with E-state index in [4.69, 9.17) is 16.3 Å². The lowest BCUT2D eigenvalue weighted by Gasteiger charge is -2.36. The molecular weight excluding hydrogens is 250 g/mol. The van der Waals surface area contributed by atoms with E-state index in [0.717, 1.165) is 29.6 Å². The number of aromatic amines is 1. The van der Waals surface area contributed by atoms with Gasteiger partial charge < -0.3 is 9.64 Å². The molecule has 1 saturated heterocycles. The van der Waals surface area contributed by atoms with Gasteiger partial charge in [-0.3, -0.25) is 5.10 Å². The number of aromatic nitrogens is 2. The number of rotatable bonds is 2. The lowest BCUT2D eigenvalue weighted by Crippen LogP contribution is -2.40. The van der Waals surface area contributed by atoms with Crippen LogP contribution in [0.2, 0.25) is 5.02 Å². The fraction of sp³-hybridized carbons (Fsp3) is 0.308. The average molecular weight is 264 g/mol. The maximum atomic E-state index is 6.28. The summed E-state index contributed by atoms with van der Waals surface area (Å²) in [5.74, 6) is 1.00. The van der Waals surface area contributed by atoms with Crippen molar-refractivity contribution in [3.05, 3.63) is 47.1 Å². The van der Waals surface area contributed by atoms with Gasteiger partial charge >= 0.3 is 0 Å². The highest BCUT2D eigenvalue weighted by Crippen LogP contribution is 2.32. The number of hydrogen-bond donors (Lipinski definition) is 1. The van der Waals surface area contributed by atoms with Gasteiger partial charge in [-0.05, 0) is 11.6 Å². The standard InChI is InChI=1S/C13H14ClN3O/c14-11-4-2-1-3-10(11)12-9-18-8-7-17(12)13-5-6-15-16-13/h1-6,12H,7-9H2,(H,15,16). The van der Waals surface area contributed by atoms with E-state index in [0.29, 0.717) is 6.61 Å². The van der Waals surface area contributed by atoms with Crippen molar-refractivity contribution in [3.8, 4) is 0 Å². The van der Waals surface area contributed by atoms with Crippen molar-refractivity contribution in [2.45, 2.75) is 6.04 Å². The zero-order chi connectivity index (χ0) is 12.4. The maximum Gasteiger partial charge on any atom is 0.124 e. The molecule has 0 spiro atoms. The van der Waals surface area contributed by atoms with Gasteiger partial charge in [0.2, 0.25) is 0 Å². The van der Waals surface area contributed by atoms with Gasteiger partial charge in [-0.15, -0.1) is 0 Å². The summed E-state index contributed by atoms with van der Waals surface area (Å²) in [6.07, 6.45) is 1.76. The fourth-order valence-corrected chi connectivity index (χ4v) is 2.57. The van der Waals surface area contributed by atoms with Crippen LogP contribution in [0.15, 0.2) is 36.5 Å². The highest BCUT2D eigenvalue weighted by molar-refractivity contribution is 6.31. The largest absolute Gasteiger partial charge is 0.377 e. The number of nitrogens with one attached hydrogen (secondary N) is 1. The number of nitrogens with zero attached hydrogens (tertiary/aromatic N) is 2. The molecule has 0 radical (unpaired) electrons. The van der Waals surface area contributed by atoms with Crippen LogP contribution in [0.1, 0.15) is 11.6 Å². The summed E-state index contributed by atoms with van der Waals surface area (Å²) < 4.78 is 5.59. The summed E-state index contributed by atoms with van der Waals surface area (Å²) in [4.78, 5) is 2.25. The Hall–Kier alpha value is -1.52. The molecule has 0 aliphatic carbocycles. The number of H-pyrrole nitrogens is 1. The van der Waals surface area contributed by atoms with Crippen LogP contribution in [0.25, 0.3) is 0 Å². The normalized spacial score (nSPS) is 20.1. The van der Waals surface area contributed by atoms with E-state index in [2.05, 4.69) is 15.1 Å². The first-order valence-corrected chi connectivity index (χ1v) is 6.32. The molecule has 1 unspecified atom stereocenters. The number of ether oxygens (including phenoxy) is 1. The molecule has 1 fully saturated rings. The number of benzene rings is 1. The summed E-state index contributed by atoms with van der Waals surface area (Å²) in [5, 5.41) is 7.79. The van der Waals surface area contributed by atoms with E-state index in [-0.39, 0.29) is 6.04 Å². The Labute approximate surface area is 111 Å². The minimum Gasteiger partial charge on any atom is -0.377 e. The van der Waals surface area contributed by atoms with Gasteiger partial charge in [0.05, 0.1) is 25.5 Å². The molecule has 1 atom stereocenters. The lowest BCUT2D eigenvalue weighted by atomic mass is 10.0. The van der Waals surface area contributed by atoms with E-state index < -0.39 is 0 Å². The van der Waals surface area contributed by atoms with Crippen LogP contribution in [0, 0.1) is 0 Å². The summed E-state index contributed by atoms with van der Waals surface area (Å²) in [5.41, 5.74) is 1.09. The van der Waals surface area contributed by atoms with Crippen molar-refractivity contribution >= 4 is 17.4 Å². The maximum absolute atomic E-state index is 6.28. The van der Waals surface area contributed by atoms with Gasteiger partial charge in [0.15, 0.2) is 0 Å². The van der Waals surface area contributed by atoms with E-state index >= 15 is 0 Å². The fourth-order valence-electron chi connectivity index (χ4n) is 2.30. The van der Waals surface area contributed by atoms with Gasteiger partial charge in [0.25, 0.3) is 0 Å². The second-order valence-corrected chi connectivity index (χ2v) is 4.65. The molecular formula is C13H14ClN3O. The summed E-state index contributed by atoms with van der Waals surface area (Å²) >= 11 is 6.28. The third-order valence-corrected chi connectivity index (χ3v) is 3.53. The predicted molar refractivity (Wildman–Crippen MR) is 70.9 cm³/mol. The molecule has 18 heavy (non-hydrogen) atoms. The minimum absolute atomic E-state index is 0.132. The van der Waals surface area contributed by atoms with Crippen molar-refractivity contribution in [2.75, 3.05) is 24.7 Å². The van der Waals surface area contributed by atoms with Crippen LogP contribution in [-0.4, -0.2) is 30.0 Å². The molecule has 3 rings (SSSR count). The second kappa shape index (κ2) is 5.00. The van der Waals surface area contributed by atoms with E-state index in [9.17, 15) is 0 Å². The highest BCUT2D eigenvalue weighted by atomic mass is 35.5. The quantitative estimate of drug-likeness (QED) is 0.906. The van der Waals surface area contributed by atoms with Crippen LogP contribution >= 0.6 is 11.6 Å². The first-order chi connectivity index (χ1) is 8.86. The number of halogens is 1. The summed E-state index contributed by atoms with van der Waals surface area (Å²) in [6, 6.07) is 10.0. The van der Waals surface area contributed by atoms with Gasteiger partial charge in [-0.2, -0.15) is 5.10 Å². The zero-order valence-corrected chi connectivity index (χ0v) is 10.6. The Bertz CT molecular complexity index is 515. The molecule has 0 bridgehead atoms. The molecule has 1 aromatic heterocycles. The summed E-state index contributed by atoms with van der Waals surface area (Å²) in [6.45, 7) is 2.20. The second-order valence-electron chi connectivity index (χ2n) is 4.25. The number of hydrogen-bond acceptors (Lipinski definition) is 3. The van der Waals surface area contributed by atoms with E-state index in [1.165, 1.54) is 0 Å². The van der Waals surface area contributed by atoms with Crippen molar-refractivity contribution in [1.82, 2.24) is 10.2 Å². The Morgan fingerprint density at radius 1 is 1.33 bits per heavy atom. The molecule has 0 saturated carbocycles. The molecule has 2 heterocycles. The molecule has 1 aliphatic heterocycles. The smallest absolute Gasteiger partial charge is 0.124 e. The van der Waals surface area contributed by atoms with Crippen LogP contribution in [0.3, 0.4) is 0 Å². The molecule has 4 nitrogen and oxygen atoms in total. The molecule has 1 aliphatic rings. The van der Waals surface area contributed by atoms with Gasteiger partial charge in [-0.1, -0.05) is 29.8 Å². The molecule has 1 N–H and O–H groups in total. The third kappa shape index (κ3) is 2.09.